The van der Waals surface area contributed by atoms with Crippen LogP contribution in [-0.2, 0) is 22.5 Å². The Morgan fingerprint density at radius 1 is 1.17 bits per heavy atom. The van der Waals surface area contributed by atoms with Crippen molar-refractivity contribution in [2.24, 2.45) is 0 Å². The number of aromatic nitrogens is 5. The van der Waals surface area contributed by atoms with Crippen molar-refractivity contribution in [3.63, 3.8) is 0 Å². The summed E-state index contributed by atoms with van der Waals surface area (Å²) in [6.45, 7) is 0.894. The molecule has 0 spiro atoms. The number of nitrogens with zero attached hydrogens (tertiary/aromatic N) is 5. The molecular weight excluding hydrogens is 408 g/mol. The van der Waals surface area contributed by atoms with E-state index < -0.39 is 0 Å². The monoisotopic (exact) mass is 426 g/mol. The van der Waals surface area contributed by atoms with Crippen molar-refractivity contribution in [1.29, 1.82) is 0 Å². The number of rotatable bonds is 8. The summed E-state index contributed by atoms with van der Waals surface area (Å²) in [5.41, 5.74) is 7.88. The van der Waals surface area contributed by atoms with Crippen LogP contribution in [0.25, 0.3) is 22.5 Å². The molecule has 9 nitrogen and oxygen atoms in total. The molecule has 10 heteroatoms. The van der Waals surface area contributed by atoms with Crippen LogP contribution in [0.3, 0.4) is 0 Å². The van der Waals surface area contributed by atoms with Gasteiger partial charge in [0.05, 0.1) is 25.6 Å². The average molecular weight is 427 g/mol. The van der Waals surface area contributed by atoms with E-state index in [4.69, 9.17) is 26.5 Å². The van der Waals surface area contributed by atoms with Crippen molar-refractivity contribution in [3.8, 4) is 11.3 Å². The molecule has 0 unspecified atom stereocenters. The maximum atomic E-state index is 12.0. The lowest BCUT2D eigenvalue weighted by Gasteiger charge is -2.05. The number of nitrogen functional groups attached to an aromatic ring is 1. The zero-order chi connectivity index (χ0) is 20.9. The Labute approximate surface area is 176 Å². The number of benzene rings is 1. The average Bonchev–Trinajstić information content (AvgIpc) is 3.38. The Morgan fingerprint density at radius 2 is 2.00 bits per heavy atom. The fraction of sp³-hybridized carbons (Fsp3) is 0.250. The molecule has 1 aromatic carbocycles. The Morgan fingerprint density at radius 3 is 2.83 bits per heavy atom. The summed E-state index contributed by atoms with van der Waals surface area (Å²) >= 11 is 5.89. The van der Waals surface area contributed by atoms with Crippen LogP contribution in [0.4, 0.5) is 5.82 Å². The molecule has 0 saturated heterocycles. The minimum atomic E-state index is -0.302. The highest BCUT2D eigenvalue weighted by Gasteiger charge is 2.11. The fourth-order valence-corrected chi connectivity index (χ4v) is 3.06. The summed E-state index contributed by atoms with van der Waals surface area (Å²) in [6, 6.07) is 7.27. The van der Waals surface area contributed by atoms with Crippen LogP contribution in [0.15, 0.2) is 47.5 Å². The van der Waals surface area contributed by atoms with Crippen LogP contribution < -0.4 is 5.73 Å². The van der Waals surface area contributed by atoms with Crippen molar-refractivity contribution >= 4 is 34.6 Å². The Hall–Kier alpha value is -3.46. The van der Waals surface area contributed by atoms with E-state index in [2.05, 4.69) is 19.9 Å². The molecule has 0 aliphatic rings. The fourth-order valence-electron chi connectivity index (χ4n) is 2.94. The second-order valence-corrected chi connectivity index (χ2v) is 7.00. The van der Waals surface area contributed by atoms with E-state index in [-0.39, 0.29) is 12.4 Å². The zero-order valence-electron chi connectivity index (χ0n) is 16.0. The summed E-state index contributed by atoms with van der Waals surface area (Å²) in [5, 5.41) is 0.653. The number of hydrogen-bond donors (Lipinski definition) is 1. The SMILES string of the molecule is Nc1ncnc2c1ncn2CCCOC(=O)CCc1ncc(-c2ccc(Cl)cc2)o1. The predicted octanol–water partition coefficient (Wildman–Crippen LogP) is 3.28. The third kappa shape index (κ3) is 4.57. The van der Waals surface area contributed by atoms with Crippen LogP contribution >= 0.6 is 11.6 Å². The number of hydrogen-bond acceptors (Lipinski definition) is 8. The lowest BCUT2D eigenvalue weighted by atomic mass is 10.2. The van der Waals surface area contributed by atoms with Crippen LogP contribution in [0.5, 0.6) is 0 Å². The van der Waals surface area contributed by atoms with Gasteiger partial charge in [0, 0.05) is 23.6 Å². The zero-order valence-corrected chi connectivity index (χ0v) is 16.7. The number of esters is 1. The number of carbonyl (C=O) groups is 1. The first-order chi connectivity index (χ1) is 14.6. The van der Waals surface area contributed by atoms with Crippen LogP contribution in [0.2, 0.25) is 5.02 Å². The van der Waals surface area contributed by atoms with E-state index in [1.54, 1.807) is 24.7 Å². The van der Waals surface area contributed by atoms with Gasteiger partial charge in [-0.25, -0.2) is 19.9 Å². The molecule has 4 aromatic rings. The highest BCUT2D eigenvalue weighted by molar-refractivity contribution is 6.30. The lowest BCUT2D eigenvalue weighted by molar-refractivity contribution is -0.143. The van der Waals surface area contributed by atoms with Gasteiger partial charge < -0.3 is 19.5 Å². The summed E-state index contributed by atoms with van der Waals surface area (Å²) in [6.07, 6.45) is 5.87. The molecular formula is C20H19ClN6O3. The molecule has 0 aliphatic carbocycles. The van der Waals surface area contributed by atoms with Crippen molar-refractivity contribution in [2.45, 2.75) is 25.8 Å². The summed E-state index contributed by atoms with van der Waals surface area (Å²) in [5.74, 6) is 1.16. The molecule has 3 heterocycles. The van der Waals surface area contributed by atoms with Crippen LogP contribution in [0.1, 0.15) is 18.7 Å². The predicted molar refractivity (Wildman–Crippen MR) is 111 cm³/mol. The standard InChI is InChI=1S/C20H19ClN6O3/c21-14-4-2-13(3-5-14)15-10-23-16(30-15)6-7-17(28)29-9-1-8-27-12-26-18-19(22)24-11-25-20(18)27/h2-5,10-12H,1,6-9H2,(H2,22,24,25). The minimum Gasteiger partial charge on any atom is -0.466 e. The van der Waals surface area contributed by atoms with Crippen molar-refractivity contribution in [3.05, 3.63) is 54.0 Å². The molecule has 2 N–H and O–H groups in total. The van der Waals surface area contributed by atoms with Crippen LogP contribution in [-0.4, -0.2) is 37.1 Å². The van der Waals surface area contributed by atoms with Gasteiger partial charge in [-0.3, -0.25) is 4.79 Å². The molecule has 30 heavy (non-hydrogen) atoms. The van der Waals surface area contributed by atoms with Crippen molar-refractivity contribution in [2.75, 3.05) is 12.3 Å². The summed E-state index contributed by atoms with van der Waals surface area (Å²) < 4.78 is 12.8. The highest BCUT2D eigenvalue weighted by Crippen LogP contribution is 2.22. The number of oxazole rings is 1. The Kier molecular flexibility index (Phi) is 5.89. The number of halogens is 1. The second-order valence-electron chi connectivity index (χ2n) is 6.57. The largest absolute Gasteiger partial charge is 0.466 e. The van der Waals surface area contributed by atoms with Gasteiger partial charge in [-0.2, -0.15) is 0 Å². The van der Waals surface area contributed by atoms with Gasteiger partial charge in [-0.1, -0.05) is 11.6 Å². The molecule has 154 valence electrons. The van der Waals surface area contributed by atoms with Gasteiger partial charge >= 0.3 is 5.97 Å². The quantitative estimate of drug-likeness (QED) is 0.336. The molecule has 4 rings (SSSR count). The highest BCUT2D eigenvalue weighted by atomic mass is 35.5. The van der Waals surface area contributed by atoms with Crippen LogP contribution in [0, 0.1) is 0 Å². The van der Waals surface area contributed by atoms with Gasteiger partial charge in [-0.15, -0.1) is 0 Å². The van der Waals surface area contributed by atoms with E-state index in [0.717, 1.165) is 5.56 Å². The molecule has 0 radical (unpaired) electrons. The molecule has 0 aliphatic heterocycles. The third-order valence-electron chi connectivity index (χ3n) is 4.46. The summed E-state index contributed by atoms with van der Waals surface area (Å²) in [7, 11) is 0. The topological polar surface area (TPSA) is 122 Å². The molecule has 3 aromatic heterocycles. The van der Waals surface area contributed by atoms with E-state index >= 15 is 0 Å². The Balaban J connectivity index is 1.21. The van der Waals surface area contributed by atoms with E-state index in [9.17, 15) is 4.79 Å². The van der Waals surface area contributed by atoms with Gasteiger partial charge in [-0.05, 0) is 30.7 Å². The third-order valence-corrected chi connectivity index (χ3v) is 4.71. The number of aryl methyl sites for hydroxylation is 2. The number of imidazole rings is 1. The molecule has 0 amide bonds. The van der Waals surface area contributed by atoms with E-state index in [0.29, 0.717) is 59.6 Å². The van der Waals surface area contributed by atoms with E-state index in [1.807, 2.05) is 16.7 Å². The maximum Gasteiger partial charge on any atom is 0.306 e. The van der Waals surface area contributed by atoms with Gasteiger partial charge in [0.1, 0.15) is 11.8 Å². The summed E-state index contributed by atoms with van der Waals surface area (Å²) in [4.78, 5) is 28.5. The number of carbonyl (C=O) groups excluding carboxylic acids is 1. The normalized spacial score (nSPS) is 11.1. The molecule has 0 bridgehead atoms. The number of nitrogens with two attached hydrogens (primary N) is 1. The van der Waals surface area contributed by atoms with Gasteiger partial charge in [0.2, 0.25) is 0 Å². The maximum absolute atomic E-state index is 12.0. The number of anilines is 1. The van der Waals surface area contributed by atoms with Crippen molar-refractivity contribution in [1.82, 2.24) is 24.5 Å². The molecule has 0 fully saturated rings. The van der Waals surface area contributed by atoms with Gasteiger partial charge in [0.15, 0.2) is 23.1 Å². The first-order valence-electron chi connectivity index (χ1n) is 9.38. The van der Waals surface area contributed by atoms with Crippen molar-refractivity contribution < 1.29 is 13.9 Å². The number of ether oxygens (including phenoxy) is 1. The number of fused-ring (bicyclic) bond motifs is 1. The lowest BCUT2D eigenvalue weighted by Crippen LogP contribution is -2.09. The molecule has 0 atom stereocenters. The molecule has 0 saturated carbocycles. The smallest absolute Gasteiger partial charge is 0.306 e. The first kappa shape index (κ1) is 19.8. The first-order valence-corrected chi connectivity index (χ1v) is 9.75. The Bertz CT molecular complexity index is 1160. The second kappa shape index (κ2) is 8.91. The minimum absolute atomic E-state index is 0.193. The van der Waals surface area contributed by atoms with E-state index in [1.165, 1.54) is 6.33 Å². The van der Waals surface area contributed by atoms with Gasteiger partial charge in [0.25, 0.3) is 0 Å².